The SMILES string of the molecule is Oc1ccc(F)cc1-c1nc(CC2CCCCO2)no1. The van der Waals surface area contributed by atoms with Crippen molar-refractivity contribution >= 4 is 0 Å². The molecule has 1 N–H and O–H groups in total. The second-order valence-corrected chi connectivity index (χ2v) is 4.87. The van der Waals surface area contributed by atoms with Gasteiger partial charge in [0.1, 0.15) is 11.6 Å². The molecule has 3 rings (SSSR count). The Bertz CT molecular complexity index is 594. The summed E-state index contributed by atoms with van der Waals surface area (Å²) in [6.07, 6.45) is 3.88. The Labute approximate surface area is 115 Å². The summed E-state index contributed by atoms with van der Waals surface area (Å²) >= 11 is 0. The number of hydrogen-bond acceptors (Lipinski definition) is 5. The molecule has 0 spiro atoms. The molecule has 1 unspecified atom stereocenters. The van der Waals surface area contributed by atoms with Crippen LogP contribution in [0.4, 0.5) is 4.39 Å². The van der Waals surface area contributed by atoms with Crippen molar-refractivity contribution in [1.82, 2.24) is 10.1 Å². The molecule has 1 aliphatic rings. The zero-order valence-corrected chi connectivity index (χ0v) is 10.9. The van der Waals surface area contributed by atoms with E-state index < -0.39 is 5.82 Å². The molecule has 0 amide bonds. The molecule has 0 aliphatic carbocycles. The number of aromatic hydroxyl groups is 1. The normalized spacial score (nSPS) is 19.1. The number of phenols is 1. The zero-order chi connectivity index (χ0) is 13.9. The number of rotatable bonds is 3. The lowest BCUT2D eigenvalue weighted by Crippen LogP contribution is -2.21. The van der Waals surface area contributed by atoms with Crippen LogP contribution in [0.3, 0.4) is 0 Å². The van der Waals surface area contributed by atoms with Crippen LogP contribution in [0.2, 0.25) is 0 Å². The fourth-order valence-corrected chi connectivity index (χ4v) is 2.30. The number of ether oxygens (including phenoxy) is 1. The van der Waals surface area contributed by atoms with Crippen LogP contribution in [0.15, 0.2) is 22.7 Å². The van der Waals surface area contributed by atoms with Crippen LogP contribution in [0.5, 0.6) is 5.75 Å². The van der Waals surface area contributed by atoms with Gasteiger partial charge in [-0.1, -0.05) is 5.16 Å². The number of benzene rings is 1. The summed E-state index contributed by atoms with van der Waals surface area (Å²) in [6.45, 7) is 0.764. The van der Waals surface area contributed by atoms with Crippen LogP contribution in [0.1, 0.15) is 25.1 Å². The highest BCUT2D eigenvalue weighted by atomic mass is 19.1. The lowest BCUT2D eigenvalue weighted by molar-refractivity contribution is 0.0153. The Morgan fingerprint density at radius 1 is 1.35 bits per heavy atom. The molecular weight excluding hydrogens is 263 g/mol. The molecule has 1 fully saturated rings. The predicted molar refractivity (Wildman–Crippen MR) is 68.7 cm³/mol. The molecule has 1 aromatic carbocycles. The minimum absolute atomic E-state index is 0.0875. The van der Waals surface area contributed by atoms with E-state index in [1.807, 2.05) is 0 Å². The van der Waals surface area contributed by atoms with Crippen molar-refractivity contribution in [2.24, 2.45) is 0 Å². The van der Waals surface area contributed by atoms with Crippen LogP contribution in [-0.2, 0) is 11.2 Å². The molecule has 2 aromatic rings. The van der Waals surface area contributed by atoms with Crippen LogP contribution in [0, 0.1) is 5.82 Å². The largest absolute Gasteiger partial charge is 0.507 e. The van der Waals surface area contributed by atoms with Crippen LogP contribution >= 0.6 is 0 Å². The quantitative estimate of drug-likeness (QED) is 0.934. The first-order chi connectivity index (χ1) is 9.72. The third-order valence-corrected chi connectivity index (χ3v) is 3.34. The van der Waals surface area contributed by atoms with Gasteiger partial charge in [-0.3, -0.25) is 0 Å². The molecule has 6 heteroatoms. The summed E-state index contributed by atoms with van der Waals surface area (Å²) in [4.78, 5) is 4.19. The molecule has 1 atom stereocenters. The van der Waals surface area contributed by atoms with Crippen molar-refractivity contribution in [2.45, 2.75) is 31.8 Å². The van der Waals surface area contributed by atoms with Crippen LogP contribution in [-0.4, -0.2) is 28.0 Å². The standard InChI is InChI=1S/C14H15FN2O3/c15-9-4-5-12(18)11(7-9)14-16-13(17-20-14)8-10-3-1-2-6-19-10/h4-5,7,10,18H,1-3,6,8H2. The maximum Gasteiger partial charge on any atom is 0.261 e. The van der Waals surface area contributed by atoms with Crippen molar-refractivity contribution in [3.8, 4) is 17.2 Å². The average molecular weight is 278 g/mol. The molecular formula is C14H15FN2O3. The number of phenolic OH excluding ortho intramolecular Hbond substituents is 1. The number of aromatic nitrogens is 2. The minimum Gasteiger partial charge on any atom is -0.507 e. The lowest BCUT2D eigenvalue weighted by Gasteiger charge is -2.20. The fraction of sp³-hybridized carbons (Fsp3) is 0.429. The highest BCUT2D eigenvalue weighted by Crippen LogP contribution is 2.28. The summed E-state index contributed by atoms with van der Waals surface area (Å²) in [6, 6.07) is 3.61. The first-order valence-electron chi connectivity index (χ1n) is 6.65. The number of halogens is 1. The van der Waals surface area contributed by atoms with Gasteiger partial charge in [-0.05, 0) is 37.5 Å². The van der Waals surface area contributed by atoms with E-state index in [0.29, 0.717) is 12.2 Å². The van der Waals surface area contributed by atoms with Crippen molar-refractivity contribution in [3.05, 3.63) is 29.8 Å². The average Bonchev–Trinajstić information content (AvgIpc) is 2.91. The van der Waals surface area contributed by atoms with Crippen molar-refractivity contribution in [2.75, 3.05) is 6.61 Å². The second kappa shape index (κ2) is 5.58. The monoisotopic (exact) mass is 278 g/mol. The van der Waals surface area contributed by atoms with Gasteiger partial charge in [0.2, 0.25) is 0 Å². The Balaban J connectivity index is 1.77. The molecule has 0 radical (unpaired) electrons. The van der Waals surface area contributed by atoms with Crippen molar-refractivity contribution < 1.29 is 18.8 Å². The van der Waals surface area contributed by atoms with E-state index in [9.17, 15) is 9.50 Å². The highest BCUT2D eigenvalue weighted by Gasteiger charge is 2.19. The molecule has 5 nitrogen and oxygen atoms in total. The Kier molecular flexibility index (Phi) is 3.64. The van der Waals surface area contributed by atoms with Gasteiger partial charge in [0.15, 0.2) is 5.82 Å². The summed E-state index contributed by atoms with van der Waals surface area (Å²) in [5.41, 5.74) is 0.202. The predicted octanol–water partition coefficient (Wildman–Crippen LogP) is 2.69. The fourth-order valence-electron chi connectivity index (χ4n) is 2.30. The van der Waals surface area contributed by atoms with Gasteiger partial charge in [0.25, 0.3) is 5.89 Å². The van der Waals surface area contributed by atoms with Gasteiger partial charge >= 0.3 is 0 Å². The third-order valence-electron chi connectivity index (χ3n) is 3.34. The van der Waals surface area contributed by atoms with Gasteiger partial charge in [-0.15, -0.1) is 0 Å². The summed E-state index contributed by atoms with van der Waals surface area (Å²) in [5.74, 6) is 0.0760. The highest BCUT2D eigenvalue weighted by molar-refractivity contribution is 5.61. The lowest BCUT2D eigenvalue weighted by atomic mass is 10.1. The Hall–Kier alpha value is -1.95. The summed E-state index contributed by atoms with van der Waals surface area (Å²) in [7, 11) is 0. The van der Waals surface area contributed by atoms with Gasteiger partial charge in [-0.2, -0.15) is 4.98 Å². The minimum atomic E-state index is -0.465. The summed E-state index contributed by atoms with van der Waals surface area (Å²) in [5, 5.41) is 13.6. The van der Waals surface area contributed by atoms with Gasteiger partial charge in [-0.25, -0.2) is 4.39 Å². The van der Waals surface area contributed by atoms with E-state index in [2.05, 4.69) is 10.1 Å². The number of nitrogens with zero attached hydrogens (tertiary/aromatic N) is 2. The van der Waals surface area contributed by atoms with E-state index in [1.54, 1.807) is 0 Å². The van der Waals surface area contributed by atoms with Crippen LogP contribution < -0.4 is 0 Å². The second-order valence-electron chi connectivity index (χ2n) is 4.87. The Morgan fingerprint density at radius 2 is 2.25 bits per heavy atom. The molecule has 0 saturated carbocycles. The molecule has 2 heterocycles. The van der Waals surface area contributed by atoms with E-state index in [1.165, 1.54) is 18.2 Å². The van der Waals surface area contributed by atoms with Crippen molar-refractivity contribution in [3.63, 3.8) is 0 Å². The van der Waals surface area contributed by atoms with E-state index >= 15 is 0 Å². The summed E-state index contributed by atoms with van der Waals surface area (Å²) < 4.78 is 23.9. The van der Waals surface area contributed by atoms with Gasteiger partial charge < -0.3 is 14.4 Å². The third kappa shape index (κ3) is 2.80. The molecule has 1 aliphatic heterocycles. The smallest absolute Gasteiger partial charge is 0.261 e. The van der Waals surface area contributed by atoms with Gasteiger partial charge in [0, 0.05) is 13.0 Å². The van der Waals surface area contributed by atoms with Crippen molar-refractivity contribution in [1.29, 1.82) is 0 Å². The van der Waals surface area contributed by atoms with Gasteiger partial charge in [0.05, 0.1) is 11.7 Å². The first-order valence-corrected chi connectivity index (χ1v) is 6.65. The molecule has 1 saturated heterocycles. The maximum absolute atomic E-state index is 13.2. The van der Waals surface area contributed by atoms with E-state index in [0.717, 1.165) is 25.9 Å². The number of hydrogen-bond donors (Lipinski definition) is 1. The first kappa shape index (κ1) is 13.1. The maximum atomic E-state index is 13.2. The molecule has 20 heavy (non-hydrogen) atoms. The molecule has 106 valence electrons. The zero-order valence-electron chi connectivity index (χ0n) is 10.9. The topological polar surface area (TPSA) is 68.4 Å². The van der Waals surface area contributed by atoms with Crippen LogP contribution in [0.25, 0.3) is 11.5 Å². The molecule has 1 aromatic heterocycles. The van der Waals surface area contributed by atoms with E-state index in [4.69, 9.17) is 9.26 Å². The van der Waals surface area contributed by atoms with E-state index in [-0.39, 0.29) is 23.3 Å². The molecule has 0 bridgehead atoms. The Morgan fingerprint density at radius 3 is 3.05 bits per heavy atom.